The summed E-state index contributed by atoms with van der Waals surface area (Å²) in [5.41, 5.74) is 0.841. The number of aliphatic hydroxyl groups excluding tert-OH is 1. The van der Waals surface area contributed by atoms with Gasteiger partial charge in [0.25, 0.3) is 0 Å². The van der Waals surface area contributed by atoms with E-state index in [9.17, 15) is 9.50 Å². The molecule has 18 heavy (non-hydrogen) atoms. The average Bonchev–Trinajstić information content (AvgIpc) is 2.31. The molecule has 1 saturated carbocycles. The molecule has 0 bridgehead atoms. The van der Waals surface area contributed by atoms with Crippen molar-refractivity contribution in [2.45, 2.75) is 38.6 Å². The van der Waals surface area contributed by atoms with Crippen LogP contribution in [0.5, 0.6) is 0 Å². The van der Waals surface area contributed by atoms with Crippen LogP contribution in [0.25, 0.3) is 0 Å². The van der Waals surface area contributed by atoms with Gasteiger partial charge in [-0.1, -0.05) is 24.6 Å². The maximum absolute atomic E-state index is 13.5. The van der Waals surface area contributed by atoms with Gasteiger partial charge in [-0.05, 0) is 37.8 Å². The number of hydrogen-bond donors (Lipinski definition) is 2. The van der Waals surface area contributed by atoms with Gasteiger partial charge in [-0.3, -0.25) is 0 Å². The van der Waals surface area contributed by atoms with Crippen molar-refractivity contribution in [2.24, 2.45) is 5.41 Å². The molecule has 2 rings (SSSR count). The quantitative estimate of drug-likeness (QED) is 0.814. The Kier molecular flexibility index (Phi) is 4.36. The summed E-state index contributed by atoms with van der Waals surface area (Å²) in [5, 5.41) is 12.8. The van der Waals surface area contributed by atoms with Crippen molar-refractivity contribution < 1.29 is 9.50 Å². The first-order valence-corrected chi connectivity index (χ1v) is 6.73. The highest BCUT2D eigenvalue weighted by Crippen LogP contribution is 2.39. The minimum Gasteiger partial charge on any atom is -0.396 e. The number of hydrogen-bond acceptors (Lipinski definition) is 2. The standard InChI is InChI=1S/C15H22FNO/c1-12(9-13-5-2-3-6-14(13)16)17-10-15(11-18)7-4-8-15/h2-3,5-6,12,17-18H,4,7-11H2,1H3. The van der Waals surface area contributed by atoms with Crippen molar-refractivity contribution in [3.8, 4) is 0 Å². The van der Waals surface area contributed by atoms with Crippen molar-refractivity contribution in [1.82, 2.24) is 5.32 Å². The van der Waals surface area contributed by atoms with Crippen molar-refractivity contribution in [3.05, 3.63) is 35.6 Å². The lowest BCUT2D eigenvalue weighted by atomic mass is 9.69. The van der Waals surface area contributed by atoms with Gasteiger partial charge in [0.1, 0.15) is 5.82 Å². The predicted molar refractivity (Wildman–Crippen MR) is 70.9 cm³/mol. The van der Waals surface area contributed by atoms with E-state index in [4.69, 9.17) is 0 Å². The maximum atomic E-state index is 13.5. The molecule has 100 valence electrons. The Labute approximate surface area is 108 Å². The third-order valence-corrected chi connectivity index (χ3v) is 4.06. The molecule has 1 aliphatic carbocycles. The van der Waals surface area contributed by atoms with E-state index in [1.165, 1.54) is 12.5 Å². The van der Waals surface area contributed by atoms with Gasteiger partial charge in [-0.25, -0.2) is 4.39 Å². The van der Waals surface area contributed by atoms with Crippen LogP contribution in [0.4, 0.5) is 4.39 Å². The van der Waals surface area contributed by atoms with Crippen LogP contribution >= 0.6 is 0 Å². The molecule has 0 heterocycles. The van der Waals surface area contributed by atoms with Crippen molar-refractivity contribution in [1.29, 1.82) is 0 Å². The number of benzene rings is 1. The molecule has 2 nitrogen and oxygen atoms in total. The Hall–Kier alpha value is -0.930. The van der Waals surface area contributed by atoms with Gasteiger partial charge in [0.15, 0.2) is 0 Å². The van der Waals surface area contributed by atoms with Crippen LogP contribution in [0.3, 0.4) is 0 Å². The van der Waals surface area contributed by atoms with E-state index in [2.05, 4.69) is 12.2 Å². The summed E-state index contributed by atoms with van der Waals surface area (Å²) < 4.78 is 13.5. The number of aliphatic hydroxyl groups is 1. The molecule has 0 saturated heterocycles. The molecule has 0 spiro atoms. The van der Waals surface area contributed by atoms with Crippen molar-refractivity contribution in [3.63, 3.8) is 0 Å². The molecular weight excluding hydrogens is 229 g/mol. The first-order valence-electron chi connectivity index (χ1n) is 6.73. The highest BCUT2D eigenvalue weighted by Gasteiger charge is 2.36. The van der Waals surface area contributed by atoms with Gasteiger partial charge in [-0.15, -0.1) is 0 Å². The fourth-order valence-electron chi connectivity index (χ4n) is 2.52. The van der Waals surface area contributed by atoms with E-state index in [1.807, 2.05) is 12.1 Å². The molecular formula is C15H22FNO. The summed E-state index contributed by atoms with van der Waals surface area (Å²) in [6, 6.07) is 7.14. The van der Waals surface area contributed by atoms with Gasteiger partial charge >= 0.3 is 0 Å². The van der Waals surface area contributed by atoms with E-state index >= 15 is 0 Å². The second-order valence-corrected chi connectivity index (χ2v) is 5.59. The summed E-state index contributed by atoms with van der Waals surface area (Å²) in [6.07, 6.45) is 4.10. The second kappa shape index (κ2) is 5.81. The highest BCUT2D eigenvalue weighted by molar-refractivity contribution is 5.18. The lowest BCUT2D eigenvalue weighted by molar-refractivity contribution is 0.0425. The molecule has 1 unspecified atom stereocenters. The molecule has 1 aromatic carbocycles. The monoisotopic (exact) mass is 251 g/mol. The largest absolute Gasteiger partial charge is 0.396 e. The second-order valence-electron chi connectivity index (χ2n) is 5.59. The number of halogens is 1. The Morgan fingerprint density at radius 1 is 1.39 bits per heavy atom. The molecule has 0 radical (unpaired) electrons. The smallest absolute Gasteiger partial charge is 0.126 e. The first-order chi connectivity index (χ1) is 8.65. The third-order valence-electron chi connectivity index (χ3n) is 4.06. The summed E-state index contributed by atoms with van der Waals surface area (Å²) >= 11 is 0. The van der Waals surface area contributed by atoms with Gasteiger partial charge in [0.2, 0.25) is 0 Å². The minimum atomic E-state index is -0.133. The summed E-state index contributed by atoms with van der Waals surface area (Å²) in [6.45, 7) is 3.15. The average molecular weight is 251 g/mol. The molecule has 2 N–H and O–H groups in total. The van der Waals surface area contributed by atoms with E-state index in [0.717, 1.165) is 24.9 Å². The van der Waals surface area contributed by atoms with Gasteiger partial charge in [-0.2, -0.15) is 0 Å². The lowest BCUT2D eigenvalue weighted by Crippen LogP contribution is -2.45. The van der Waals surface area contributed by atoms with Crippen LogP contribution in [-0.4, -0.2) is 24.3 Å². The molecule has 0 aliphatic heterocycles. The molecule has 3 heteroatoms. The Bertz CT molecular complexity index is 384. The zero-order valence-corrected chi connectivity index (χ0v) is 11.0. The van der Waals surface area contributed by atoms with Crippen LogP contribution in [0.15, 0.2) is 24.3 Å². The van der Waals surface area contributed by atoms with Crippen LogP contribution < -0.4 is 5.32 Å². The molecule has 0 amide bonds. The molecule has 1 aliphatic rings. The third kappa shape index (κ3) is 3.09. The predicted octanol–water partition coefficient (Wildman–Crippen LogP) is 2.51. The Morgan fingerprint density at radius 2 is 2.11 bits per heavy atom. The van der Waals surface area contributed by atoms with Gasteiger partial charge < -0.3 is 10.4 Å². The fourth-order valence-corrected chi connectivity index (χ4v) is 2.52. The summed E-state index contributed by atoms with van der Waals surface area (Å²) in [7, 11) is 0. The van der Waals surface area contributed by atoms with E-state index in [0.29, 0.717) is 6.42 Å². The van der Waals surface area contributed by atoms with Crippen LogP contribution in [0.1, 0.15) is 31.7 Å². The van der Waals surface area contributed by atoms with Gasteiger partial charge in [0.05, 0.1) is 0 Å². The summed E-state index contributed by atoms with van der Waals surface area (Å²) in [5.74, 6) is -0.133. The molecule has 1 aromatic rings. The molecule has 1 fully saturated rings. The van der Waals surface area contributed by atoms with E-state index in [1.54, 1.807) is 6.07 Å². The van der Waals surface area contributed by atoms with E-state index < -0.39 is 0 Å². The molecule has 0 aromatic heterocycles. The SMILES string of the molecule is CC(Cc1ccccc1F)NCC1(CO)CCC1. The van der Waals surface area contributed by atoms with Crippen LogP contribution in [0.2, 0.25) is 0 Å². The first kappa shape index (κ1) is 13.5. The fraction of sp³-hybridized carbons (Fsp3) is 0.600. The van der Waals surface area contributed by atoms with Crippen LogP contribution in [-0.2, 0) is 6.42 Å². The van der Waals surface area contributed by atoms with E-state index in [-0.39, 0.29) is 23.9 Å². The minimum absolute atomic E-state index is 0.0868. The normalized spacial score (nSPS) is 19.3. The Balaban J connectivity index is 1.82. The topological polar surface area (TPSA) is 32.3 Å². The molecule has 1 atom stereocenters. The summed E-state index contributed by atoms with van der Waals surface area (Å²) in [4.78, 5) is 0. The Morgan fingerprint density at radius 3 is 2.67 bits per heavy atom. The number of nitrogens with one attached hydrogen (secondary N) is 1. The lowest BCUT2D eigenvalue weighted by Gasteiger charge is -2.41. The van der Waals surface area contributed by atoms with Crippen molar-refractivity contribution in [2.75, 3.05) is 13.2 Å². The highest BCUT2D eigenvalue weighted by atomic mass is 19.1. The maximum Gasteiger partial charge on any atom is 0.126 e. The van der Waals surface area contributed by atoms with Gasteiger partial charge in [0, 0.05) is 24.6 Å². The zero-order valence-electron chi connectivity index (χ0n) is 11.0. The van der Waals surface area contributed by atoms with Crippen LogP contribution in [0, 0.1) is 11.2 Å². The zero-order chi connectivity index (χ0) is 13.0. The number of rotatable bonds is 6. The van der Waals surface area contributed by atoms with Crippen molar-refractivity contribution >= 4 is 0 Å².